The van der Waals surface area contributed by atoms with Crippen molar-refractivity contribution < 1.29 is 4.74 Å². The summed E-state index contributed by atoms with van der Waals surface area (Å²) in [6.45, 7) is 2.04. The number of imidazole rings is 1. The molecule has 1 atom stereocenters. The summed E-state index contributed by atoms with van der Waals surface area (Å²) in [5, 5.41) is 0. The molecule has 0 spiro atoms. The summed E-state index contributed by atoms with van der Waals surface area (Å²) in [5.41, 5.74) is 4.19. The molecule has 2 aromatic heterocycles. The van der Waals surface area contributed by atoms with Gasteiger partial charge in [-0.1, -0.05) is 18.2 Å². The first kappa shape index (κ1) is 11.9. The minimum Gasteiger partial charge on any atom is -0.377 e. The smallest absolute Gasteiger partial charge is 0.155 e. The van der Waals surface area contributed by atoms with Crippen LogP contribution in [0.1, 0.15) is 18.6 Å². The number of methoxy groups -OCH3 is 1. The number of ether oxygens (including phenoxy) is 1. The van der Waals surface area contributed by atoms with Gasteiger partial charge in [0.15, 0.2) is 5.65 Å². The number of benzene rings is 1. The third-order valence-corrected chi connectivity index (χ3v) is 3.32. The molecule has 2 heterocycles. The molecule has 0 radical (unpaired) electrons. The standard InChI is InChI=1S/C15H15N3O/c1-11(19-2)12-4-3-5-13(8-12)14-9-17-15-10-16-6-7-18(14)15/h3-11H,1-2H3. The molecule has 4 heteroatoms. The average molecular weight is 253 g/mol. The van der Waals surface area contributed by atoms with Crippen molar-refractivity contribution in [1.82, 2.24) is 14.4 Å². The lowest BCUT2D eigenvalue weighted by Crippen LogP contribution is -1.96. The monoisotopic (exact) mass is 253 g/mol. The molecule has 4 nitrogen and oxygen atoms in total. The van der Waals surface area contributed by atoms with E-state index in [1.807, 2.05) is 29.8 Å². The zero-order chi connectivity index (χ0) is 13.2. The number of rotatable bonds is 3. The molecule has 3 aromatic rings. The summed E-state index contributed by atoms with van der Waals surface area (Å²) in [7, 11) is 1.72. The Balaban J connectivity index is 2.11. The van der Waals surface area contributed by atoms with Crippen molar-refractivity contribution >= 4 is 5.65 Å². The van der Waals surface area contributed by atoms with Crippen LogP contribution >= 0.6 is 0 Å². The SMILES string of the molecule is COC(C)c1cccc(-c2cnc3cnccn23)c1. The van der Waals surface area contributed by atoms with Gasteiger partial charge in [0, 0.05) is 25.1 Å². The van der Waals surface area contributed by atoms with Crippen LogP contribution in [0.4, 0.5) is 0 Å². The molecule has 3 rings (SSSR count). The molecule has 0 saturated heterocycles. The predicted octanol–water partition coefficient (Wildman–Crippen LogP) is 3.10. The van der Waals surface area contributed by atoms with E-state index in [1.54, 1.807) is 19.5 Å². The maximum absolute atomic E-state index is 5.36. The molecular formula is C15H15N3O. The summed E-state index contributed by atoms with van der Waals surface area (Å²) in [5.74, 6) is 0. The zero-order valence-corrected chi connectivity index (χ0v) is 10.9. The van der Waals surface area contributed by atoms with Crippen LogP contribution in [0.5, 0.6) is 0 Å². The van der Waals surface area contributed by atoms with Crippen LogP contribution in [0.15, 0.2) is 49.1 Å². The van der Waals surface area contributed by atoms with Crippen molar-refractivity contribution in [2.75, 3.05) is 7.11 Å². The van der Waals surface area contributed by atoms with Gasteiger partial charge >= 0.3 is 0 Å². The second-order valence-corrected chi connectivity index (χ2v) is 4.45. The van der Waals surface area contributed by atoms with Gasteiger partial charge in [0.1, 0.15) is 0 Å². The second kappa shape index (κ2) is 4.82. The molecule has 0 aliphatic carbocycles. The quantitative estimate of drug-likeness (QED) is 0.720. The predicted molar refractivity (Wildman–Crippen MR) is 73.8 cm³/mol. The third-order valence-electron chi connectivity index (χ3n) is 3.32. The molecule has 0 aliphatic rings. The Kier molecular flexibility index (Phi) is 3.01. The van der Waals surface area contributed by atoms with Crippen LogP contribution < -0.4 is 0 Å². The Labute approximate surface area is 111 Å². The second-order valence-electron chi connectivity index (χ2n) is 4.45. The zero-order valence-electron chi connectivity index (χ0n) is 10.9. The summed E-state index contributed by atoms with van der Waals surface area (Å²) < 4.78 is 7.39. The third kappa shape index (κ3) is 2.11. The highest BCUT2D eigenvalue weighted by Crippen LogP contribution is 2.24. The van der Waals surface area contributed by atoms with Gasteiger partial charge in [0.2, 0.25) is 0 Å². The highest BCUT2D eigenvalue weighted by molar-refractivity contribution is 5.64. The van der Waals surface area contributed by atoms with Crippen LogP contribution in [0.25, 0.3) is 16.9 Å². The van der Waals surface area contributed by atoms with Crippen molar-refractivity contribution in [3.05, 3.63) is 54.6 Å². The van der Waals surface area contributed by atoms with E-state index in [0.29, 0.717) is 0 Å². The van der Waals surface area contributed by atoms with Gasteiger partial charge in [0.05, 0.1) is 24.2 Å². The lowest BCUT2D eigenvalue weighted by atomic mass is 10.1. The molecule has 0 N–H and O–H groups in total. The summed E-state index contributed by atoms with van der Waals surface area (Å²) in [4.78, 5) is 8.43. The molecule has 96 valence electrons. The molecule has 0 fully saturated rings. The van der Waals surface area contributed by atoms with E-state index < -0.39 is 0 Å². The molecule has 0 amide bonds. The fraction of sp³-hybridized carbons (Fsp3) is 0.200. The van der Waals surface area contributed by atoms with Crippen LogP contribution in [0.3, 0.4) is 0 Å². The molecule has 0 aliphatic heterocycles. The Bertz CT molecular complexity index is 705. The fourth-order valence-corrected chi connectivity index (χ4v) is 2.14. The normalized spacial score (nSPS) is 12.7. The van der Waals surface area contributed by atoms with Crippen LogP contribution in [-0.4, -0.2) is 21.5 Å². The Morgan fingerprint density at radius 3 is 3.00 bits per heavy atom. The van der Waals surface area contributed by atoms with Crippen LogP contribution in [-0.2, 0) is 4.74 Å². The van der Waals surface area contributed by atoms with Crippen molar-refractivity contribution in [2.45, 2.75) is 13.0 Å². The van der Waals surface area contributed by atoms with E-state index >= 15 is 0 Å². The Hall–Kier alpha value is -2.20. The number of hydrogen-bond donors (Lipinski definition) is 0. The van der Waals surface area contributed by atoms with E-state index in [-0.39, 0.29) is 6.10 Å². The lowest BCUT2D eigenvalue weighted by Gasteiger charge is -2.11. The van der Waals surface area contributed by atoms with Crippen molar-refractivity contribution in [1.29, 1.82) is 0 Å². The van der Waals surface area contributed by atoms with Gasteiger partial charge in [-0.25, -0.2) is 4.98 Å². The first-order chi connectivity index (χ1) is 9.29. The van der Waals surface area contributed by atoms with Crippen LogP contribution in [0, 0.1) is 0 Å². The average Bonchev–Trinajstić information content (AvgIpc) is 2.90. The fourth-order valence-electron chi connectivity index (χ4n) is 2.14. The van der Waals surface area contributed by atoms with E-state index in [0.717, 1.165) is 22.5 Å². The first-order valence-corrected chi connectivity index (χ1v) is 6.20. The van der Waals surface area contributed by atoms with Gasteiger partial charge in [0.25, 0.3) is 0 Å². The van der Waals surface area contributed by atoms with Gasteiger partial charge in [-0.2, -0.15) is 0 Å². The summed E-state index contributed by atoms with van der Waals surface area (Å²) in [6, 6.07) is 8.33. The summed E-state index contributed by atoms with van der Waals surface area (Å²) in [6.07, 6.45) is 7.39. The minimum absolute atomic E-state index is 0.0841. The first-order valence-electron chi connectivity index (χ1n) is 6.20. The summed E-state index contributed by atoms with van der Waals surface area (Å²) >= 11 is 0. The molecule has 1 unspecified atom stereocenters. The molecule has 19 heavy (non-hydrogen) atoms. The Morgan fingerprint density at radius 2 is 2.16 bits per heavy atom. The van der Waals surface area contributed by atoms with E-state index in [1.165, 1.54) is 0 Å². The van der Waals surface area contributed by atoms with E-state index in [4.69, 9.17) is 4.74 Å². The van der Waals surface area contributed by atoms with Crippen LogP contribution in [0.2, 0.25) is 0 Å². The topological polar surface area (TPSA) is 39.4 Å². The van der Waals surface area contributed by atoms with Crippen molar-refractivity contribution in [3.63, 3.8) is 0 Å². The molecule has 1 aromatic carbocycles. The largest absolute Gasteiger partial charge is 0.377 e. The van der Waals surface area contributed by atoms with Gasteiger partial charge in [-0.05, 0) is 18.6 Å². The Morgan fingerprint density at radius 1 is 1.26 bits per heavy atom. The number of fused-ring (bicyclic) bond motifs is 1. The maximum atomic E-state index is 5.36. The molecule has 0 saturated carbocycles. The highest BCUT2D eigenvalue weighted by atomic mass is 16.5. The highest BCUT2D eigenvalue weighted by Gasteiger charge is 2.08. The van der Waals surface area contributed by atoms with E-state index in [2.05, 4.69) is 28.2 Å². The molecule has 0 bridgehead atoms. The van der Waals surface area contributed by atoms with Gasteiger partial charge < -0.3 is 4.74 Å². The van der Waals surface area contributed by atoms with E-state index in [9.17, 15) is 0 Å². The lowest BCUT2D eigenvalue weighted by molar-refractivity contribution is 0.119. The van der Waals surface area contributed by atoms with Gasteiger partial charge in [-0.15, -0.1) is 0 Å². The van der Waals surface area contributed by atoms with Crippen molar-refractivity contribution in [3.8, 4) is 11.3 Å². The minimum atomic E-state index is 0.0841. The number of aromatic nitrogens is 3. The maximum Gasteiger partial charge on any atom is 0.155 e. The van der Waals surface area contributed by atoms with Crippen molar-refractivity contribution in [2.24, 2.45) is 0 Å². The number of hydrogen-bond acceptors (Lipinski definition) is 3. The number of nitrogens with zero attached hydrogens (tertiary/aromatic N) is 3. The van der Waals surface area contributed by atoms with Gasteiger partial charge in [-0.3, -0.25) is 9.38 Å². The molecular weight excluding hydrogens is 238 g/mol.